The van der Waals surface area contributed by atoms with Crippen LogP contribution >= 0.6 is 22.9 Å². The Labute approximate surface area is 185 Å². The highest BCUT2D eigenvalue weighted by molar-refractivity contribution is 7.19. The molecule has 3 heterocycles. The number of thiophene rings is 1. The lowest BCUT2D eigenvalue weighted by molar-refractivity contribution is 0.0690. The molecule has 0 fully saturated rings. The number of aromatic nitrogens is 3. The number of hydrogen-bond donors (Lipinski definition) is 2. The van der Waals surface area contributed by atoms with Crippen LogP contribution in [0, 0.1) is 0 Å². The number of aliphatic hydroxyl groups is 1. The molecule has 0 spiro atoms. The van der Waals surface area contributed by atoms with Crippen LogP contribution in [0.2, 0.25) is 4.34 Å². The molecule has 3 aromatic heterocycles. The molecule has 2 N–H and O–H groups in total. The maximum absolute atomic E-state index is 12.5. The van der Waals surface area contributed by atoms with E-state index in [-0.39, 0.29) is 31.3 Å². The monoisotopic (exact) mass is 460 g/mol. The second-order valence-corrected chi connectivity index (χ2v) is 8.49. The van der Waals surface area contributed by atoms with E-state index in [1.165, 1.54) is 27.0 Å². The van der Waals surface area contributed by atoms with Crippen LogP contribution in [-0.2, 0) is 6.54 Å². The van der Waals surface area contributed by atoms with Crippen LogP contribution in [0.4, 0.5) is 0 Å². The summed E-state index contributed by atoms with van der Waals surface area (Å²) in [6.45, 7) is 0.191. The van der Waals surface area contributed by atoms with E-state index in [1.54, 1.807) is 31.3 Å². The van der Waals surface area contributed by atoms with Crippen LogP contribution in [0.15, 0.2) is 40.9 Å². The van der Waals surface area contributed by atoms with Gasteiger partial charge in [0, 0.05) is 30.6 Å². The van der Waals surface area contributed by atoms with Gasteiger partial charge in [-0.15, -0.1) is 11.3 Å². The van der Waals surface area contributed by atoms with Crippen LogP contribution < -0.4 is 0 Å². The van der Waals surface area contributed by atoms with E-state index >= 15 is 0 Å². The van der Waals surface area contributed by atoms with E-state index in [2.05, 4.69) is 10.3 Å². The number of hydrogen-bond acceptors (Lipinski definition) is 7. The summed E-state index contributed by atoms with van der Waals surface area (Å²) in [6.07, 6.45) is 0. The Morgan fingerprint density at radius 1 is 1.26 bits per heavy atom. The largest absolute Gasteiger partial charge is 0.476 e. The van der Waals surface area contributed by atoms with Gasteiger partial charge in [0.1, 0.15) is 5.69 Å². The summed E-state index contributed by atoms with van der Waals surface area (Å²) in [7, 11) is 1.56. The van der Waals surface area contributed by atoms with Gasteiger partial charge < -0.3 is 19.6 Å². The molecule has 0 aliphatic heterocycles. The lowest BCUT2D eigenvalue weighted by Gasteiger charge is -2.15. The number of carboxylic acids is 1. The fraction of sp³-hybridized carbons (Fsp3) is 0.200. The molecule has 0 unspecified atom stereocenters. The summed E-state index contributed by atoms with van der Waals surface area (Å²) in [5.74, 6) is -0.969. The van der Waals surface area contributed by atoms with E-state index < -0.39 is 5.97 Å². The number of aliphatic hydroxyl groups excluding tert-OH is 1. The summed E-state index contributed by atoms with van der Waals surface area (Å²) in [5.41, 5.74) is 1.25. The van der Waals surface area contributed by atoms with Crippen molar-refractivity contribution in [3.63, 3.8) is 0 Å². The second kappa shape index (κ2) is 8.50. The molecule has 0 aliphatic rings. The molecule has 4 aromatic rings. The molecule has 0 bridgehead atoms. The van der Waals surface area contributed by atoms with E-state index in [1.807, 2.05) is 6.07 Å². The molecule has 0 radical (unpaired) electrons. The van der Waals surface area contributed by atoms with Gasteiger partial charge in [-0.3, -0.25) is 9.48 Å². The third-order valence-electron chi connectivity index (χ3n) is 4.67. The van der Waals surface area contributed by atoms with Crippen molar-refractivity contribution >= 4 is 45.7 Å². The van der Waals surface area contributed by atoms with Gasteiger partial charge in [-0.25, -0.2) is 4.79 Å². The molecule has 9 nitrogen and oxygen atoms in total. The van der Waals surface area contributed by atoms with Gasteiger partial charge in [-0.1, -0.05) is 16.8 Å². The molecule has 31 heavy (non-hydrogen) atoms. The van der Waals surface area contributed by atoms with Crippen molar-refractivity contribution in [2.24, 2.45) is 0 Å². The number of rotatable bonds is 7. The van der Waals surface area contributed by atoms with Crippen molar-refractivity contribution in [1.82, 2.24) is 19.8 Å². The van der Waals surface area contributed by atoms with Crippen LogP contribution in [0.3, 0.4) is 0 Å². The van der Waals surface area contributed by atoms with E-state index in [9.17, 15) is 14.7 Å². The first kappa shape index (κ1) is 21.0. The highest BCUT2D eigenvalue weighted by Gasteiger charge is 2.20. The lowest BCUT2D eigenvalue weighted by atomic mass is 10.1. The van der Waals surface area contributed by atoms with E-state index in [4.69, 9.17) is 21.2 Å². The molecule has 0 aliphatic carbocycles. The Kier molecular flexibility index (Phi) is 5.77. The zero-order valence-electron chi connectivity index (χ0n) is 16.3. The minimum atomic E-state index is -1.20. The third-order valence-corrected chi connectivity index (χ3v) is 5.91. The van der Waals surface area contributed by atoms with Gasteiger partial charge in [0.15, 0.2) is 11.5 Å². The summed E-state index contributed by atoms with van der Waals surface area (Å²) >= 11 is 7.32. The molecule has 160 valence electrons. The van der Waals surface area contributed by atoms with Crippen LogP contribution in [-0.4, -0.2) is 62.1 Å². The number of carbonyl (C=O) groups excluding carboxylic acids is 1. The van der Waals surface area contributed by atoms with Crippen molar-refractivity contribution in [2.75, 3.05) is 20.2 Å². The zero-order valence-corrected chi connectivity index (χ0v) is 17.9. The standard InChI is InChI=1S/C20H17ClN4O5S/c1-24(6-7-26)19(27)11-2-3-14-13(8-11)18(20(28)29)22-25(14)10-12-9-15(30-23-12)16-4-5-17(21)31-16/h2-5,8-9,26H,6-7,10H2,1H3,(H,28,29). The number of amides is 1. The van der Waals surface area contributed by atoms with Crippen molar-refractivity contribution in [3.05, 3.63) is 57.7 Å². The first-order chi connectivity index (χ1) is 14.9. The molecule has 4 rings (SSSR count). The van der Waals surface area contributed by atoms with Gasteiger partial charge in [0.25, 0.3) is 5.91 Å². The van der Waals surface area contributed by atoms with Crippen molar-refractivity contribution < 1.29 is 24.3 Å². The minimum absolute atomic E-state index is 0.164. The maximum atomic E-state index is 12.5. The fourth-order valence-corrected chi connectivity index (χ4v) is 4.16. The number of nitrogens with zero attached hydrogens (tertiary/aromatic N) is 4. The minimum Gasteiger partial charge on any atom is -0.476 e. The molecule has 1 amide bonds. The molecule has 0 saturated carbocycles. The fourth-order valence-electron chi connectivity index (χ4n) is 3.17. The van der Waals surface area contributed by atoms with Gasteiger partial charge in [0.05, 0.1) is 27.9 Å². The molecular weight excluding hydrogens is 444 g/mol. The number of carboxylic acid groups (broad SMARTS) is 1. The Balaban J connectivity index is 1.68. The van der Waals surface area contributed by atoms with Crippen molar-refractivity contribution in [3.8, 4) is 10.6 Å². The quantitative estimate of drug-likeness (QED) is 0.434. The maximum Gasteiger partial charge on any atom is 0.357 e. The molecule has 0 saturated heterocycles. The Hall–Kier alpha value is -3.21. The average Bonchev–Trinajstić information content (AvgIpc) is 3.46. The van der Waals surface area contributed by atoms with Crippen LogP contribution in [0.5, 0.6) is 0 Å². The first-order valence-corrected chi connectivity index (χ1v) is 10.4. The first-order valence-electron chi connectivity index (χ1n) is 9.19. The number of likely N-dealkylation sites (N-methyl/N-ethyl adjacent to an activating group) is 1. The Bertz CT molecular complexity index is 1280. The lowest BCUT2D eigenvalue weighted by Crippen LogP contribution is -2.29. The van der Waals surface area contributed by atoms with Gasteiger partial charge in [0.2, 0.25) is 0 Å². The van der Waals surface area contributed by atoms with Gasteiger partial charge in [-0.2, -0.15) is 5.10 Å². The summed E-state index contributed by atoms with van der Waals surface area (Å²) in [4.78, 5) is 26.4. The number of benzene rings is 1. The van der Waals surface area contributed by atoms with E-state index in [0.717, 1.165) is 4.88 Å². The number of carbonyl (C=O) groups is 2. The number of fused-ring (bicyclic) bond motifs is 1. The number of halogens is 1. The zero-order chi connectivity index (χ0) is 22.1. The van der Waals surface area contributed by atoms with Gasteiger partial charge >= 0.3 is 5.97 Å². The predicted molar refractivity (Wildman–Crippen MR) is 115 cm³/mol. The van der Waals surface area contributed by atoms with Crippen LogP contribution in [0.25, 0.3) is 21.5 Å². The topological polar surface area (TPSA) is 122 Å². The normalized spacial score (nSPS) is 11.2. The summed E-state index contributed by atoms with van der Waals surface area (Å²) in [5, 5.41) is 27.2. The molecule has 11 heteroatoms. The SMILES string of the molecule is CN(CCO)C(=O)c1ccc2c(c1)c(C(=O)O)nn2Cc1cc(-c2ccc(Cl)s2)on1. The highest BCUT2D eigenvalue weighted by Crippen LogP contribution is 2.31. The second-order valence-electron chi connectivity index (χ2n) is 6.78. The van der Waals surface area contributed by atoms with Crippen LogP contribution in [0.1, 0.15) is 26.5 Å². The van der Waals surface area contributed by atoms with E-state index in [0.29, 0.717) is 32.3 Å². The summed E-state index contributed by atoms with van der Waals surface area (Å²) in [6, 6.07) is 10.1. The molecular formula is C20H17ClN4O5S. The van der Waals surface area contributed by atoms with Crippen molar-refractivity contribution in [2.45, 2.75) is 6.54 Å². The molecule has 1 aromatic carbocycles. The smallest absolute Gasteiger partial charge is 0.357 e. The van der Waals surface area contributed by atoms with Gasteiger partial charge in [-0.05, 0) is 30.3 Å². The number of aromatic carboxylic acids is 1. The average molecular weight is 461 g/mol. The molecule has 0 atom stereocenters. The predicted octanol–water partition coefficient (Wildman–Crippen LogP) is 3.22. The highest BCUT2D eigenvalue weighted by atomic mass is 35.5. The van der Waals surface area contributed by atoms with Crippen molar-refractivity contribution in [1.29, 1.82) is 0 Å². The Morgan fingerprint density at radius 2 is 2.06 bits per heavy atom. The third kappa shape index (κ3) is 4.18. The summed E-state index contributed by atoms with van der Waals surface area (Å²) < 4.78 is 7.52. The Morgan fingerprint density at radius 3 is 2.74 bits per heavy atom.